The minimum Gasteiger partial charge on any atom is -0.455 e. The van der Waals surface area contributed by atoms with Gasteiger partial charge in [-0.3, -0.25) is 0 Å². The van der Waals surface area contributed by atoms with E-state index in [0.717, 1.165) is 56.5 Å². The summed E-state index contributed by atoms with van der Waals surface area (Å²) in [4.78, 5) is 3.80. The lowest BCUT2D eigenvalue weighted by molar-refractivity contribution is 0.670. The fourth-order valence-electron chi connectivity index (χ4n) is 7.16. The van der Waals surface area contributed by atoms with Crippen molar-refractivity contribution in [3.63, 3.8) is 0 Å². The van der Waals surface area contributed by atoms with E-state index in [1.165, 1.54) is 37.2 Å². The highest BCUT2D eigenvalue weighted by atomic mass is 32.1. The molecule has 9 aromatic rings. The molecule has 0 fully saturated rings. The minimum absolute atomic E-state index is 0.902. The largest absolute Gasteiger partial charge is 0.455 e. The molecule has 0 atom stereocenters. The van der Waals surface area contributed by atoms with Crippen molar-refractivity contribution in [1.82, 2.24) is 0 Å². The number of aryl methyl sites for hydroxylation is 1. The Balaban J connectivity index is 1.22. The van der Waals surface area contributed by atoms with Crippen LogP contribution in [0.3, 0.4) is 0 Å². The normalized spacial score (nSPS) is 11.4. The van der Waals surface area contributed by atoms with Crippen molar-refractivity contribution in [2.45, 2.75) is 13.3 Å². The van der Waals surface area contributed by atoms with E-state index in [9.17, 15) is 0 Å². The zero-order valence-electron chi connectivity index (χ0n) is 27.1. The van der Waals surface area contributed by atoms with E-state index < -0.39 is 0 Å². The number of hydrogen-bond acceptors (Lipinski definition) is 3. The highest BCUT2D eigenvalue weighted by Gasteiger charge is 2.21. The second-order valence-electron chi connectivity index (χ2n) is 12.3. The predicted octanol–water partition coefficient (Wildman–Crippen LogP) is 13.8. The molecule has 9 rings (SSSR count). The number of para-hydroxylation sites is 3. The van der Waals surface area contributed by atoms with E-state index in [1.54, 1.807) is 0 Å². The van der Waals surface area contributed by atoms with Gasteiger partial charge in [0.05, 0.1) is 5.69 Å². The lowest BCUT2D eigenvalue weighted by Gasteiger charge is -2.28. The van der Waals surface area contributed by atoms with Gasteiger partial charge in [-0.15, -0.1) is 11.3 Å². The molecule has 3 heteroatoms. The van der Waals surface area contributed by atoms with Crippen LogP contribution in [-0.4, -0.2) is 0 Å². The van der Waals surface area contributed by atoms with Crippen LogP contribution in [0, 0.1) is 0 Å². The first-order valence-electron chi connectivity index (χ1n) is 16.8. The van der Waals surface area contributed by atoms with E-state index >= 15 is 0 Å². The number of benzene rings is 7. The quantitative estimate of drug-likeness (QED) is 0.171. The lowest BCUT2D eigenvalue weighted by atomic mass is 9.98. The molecule has 0 spiro atoms. The summed E-state index contributed by atoms with van der Waals surface area (Å²) in [6.45, 7) is 2.25. The fraction of sp³-hybridized carbons (Fsp3) is 0.0435. The molecule has 0 amide bonds. The van der Waals surface area contributed by atoms with Crippen molar-refractivity contribution in [3.05, 3.63) is 175 Å². The Hall–Kier alpha value is -5.90. The summed E-state index contributed by atoms with van der Waals surface area (Å²) >= 11 is 1.90. The molecular formula is C46H33NOS. The van der Waals surface area contributed by atoms with Crippen molar-refractivity contribution in [3.8, 4) is 33.4 Å². The summed E-state index contributed by atoms with van der Waals surface area (Å²) in [5.41, 5.74) is 12.3. The Labute approximate surface area is 290 Å². The Kier molecular flexibility index (Phi) is 7.33. The SMILES string of the molecule is CCc1sc2ccccc2c1-c1ccc(N(c2ccc(-c3ccccc3)cc2)c2ccccc2-c2cccc3c2oc2ccccc23)cc1. The highest BCUT2D eigenvalue weighted by molar-refractivity contribution is 7.19. The molecule has 234 valence electrons. The Bertz CT molecular complexity index is 2580. The molecule has 0 unspecified atom stereocenters. The van der Waals surface area contributed by atoms with E-state index in [1.807, 2.05) is 23.5 Å². The van der Waals surface area contributed by atoms with Crippen LogP contribution in [0.1, 0.15) is 11.8 Å². The second kappa shape index (κ2) is 12.3. The van der Waals surface area contributed by atoms with E-state index in [-0.39, 0.29) is 0 Å². The van der Waals surface area contributed by atoms with Crippen LogP contribution in [0.4, 0.5) is 17.1 Å². The van der Waals surface area contributed by atoms with Crippen LogP contribution in [0.25, 0.3) is 65.4 Å². The van der Waals surface area contributed by atoms with Gasteiger partial charge in [-0.25, -0.2) is 0 Å². The predicted molar refractivity (Wildman–Crippen MR) is 209 cm³/mol. The average Bonchev–Trinajstić information content (AvgIpc) is 3.75. The van der Waals surface area contributed by atoms with Crippen LogP contribution in [0.2, 0.25) is 0 Å². The number of nitrogens with zero attached hydrogens (tertiary/aromatic N) is 1. The van der Waals surface area contributed by atoms with Crippen molar-refractivity contribution in [1.29, 1.82) is 0 Å². The molecule has 2 heterocycles. The van der Waals surface area contributed by atoms with Crippen LogP contribution in [0.5, 0.6) is 0 Å². The van der Waals surface area contributed by atoms with Crippen molar-refractivity contribution in [2.24, 2.45) is 0 Å². The first-order chi connectivity index (χ1) is 24.3. The van der Waals surface area contributed by atoms with E-state index in [2.05, 4.69) is 170 Å². The van der Waals surface area contributed by atoms with Gasteiger partial charge in [-0.2, -0.15) is 0 Å². The van der Waals surface area contributed by atoms with Gasteiger partial charge in [0.15, 0.2) is 0 Å². The molecule has 0 radical (unpaired) electrons. The van der Waals surface area contributed by atoms with Gasteiger partial charge in [0, 0.05) is 53.8 Å². The molecule has 0 N–H and O–H groups in total. The first kappa shape index (κ1) is 29.3. The molecule has 0 saturated carbocycles. The maximum Gasteiger partial charge on any atom is 0.143 e. The Morgan fingerprint density at radius 1 is 0.490 bits per heavy atom. The number of anilines is 3. The Morgan fingerprint density at radius 3 is 1.86 bits per heavy atom. The summed E-state index contributed by atoms with van der Waals surface area (Å²) in [6.07, 6.45) is 1.01. The molecular weight excluding hydrogens is 615 g/mol. The maximum absolute atomic E-state index is 6.55. The lowest BCUT2D eigenvalue weighted by Crippen LogP contribution is -2.11. The summed E-state index contributed by atoms with van der Waals surface area (Å²) < 4.78 is 7.89. The van der Waals surface area contributed by atoms with Gasteiger partial charge in [0.1, 0.15) is 11.2 Å². The van der Waals surface area contributed by atoms with Gasteiger partial charge < -0.3 is 9.32 Å². The highest BCUT2D eigenvalue weighted by Crippen LogP contribution is 2.45. The topological polar surface area (TPSA) is 16.4 Å². The molecule has 0 aliphatic carbocycles. The molecule has 7 aromatic carbocycles. The van der Waals surface area contributed by atoms with Crippen molar-refractivity contribution in [2.75, 3.05) is 4.90 Å². The molecule has 0 saturated heterocycles. The number of rotatable bonds is 7. The standard InChI is InChI=1S/C46H33NOS/c1-2-43-45(40-17-8-11-22-44(40)49-43)33-25-29-35(30-26-33)47(34-27-23-32(24-28-34)31-13-4-3-5-14-31)41-20-9-6-15-36(41)38-18-12-19-39-37-16-7-10-21-42(37)48-46(38)39/h3-30H,2H2,1H3. The summed E-state index contributed by atoms with van der Waals surface area (Å²) in [5, 5.41) is 3.59. The fourth-order valence-corrected chi connectivity index (χ4v) is 8.32. The second-order valence-corrected chi connectivity index (χ2v) is 13.5. The van der Waals surface area contributed by atoms with Crippen LogP contribution < -0.4 is 4.90 Å². The number of hydrogen-bond donors (Lipinski definition) is 0. The van der Waals surface area contributed by atoms with Crippen LogP contribution in [0.15, 0.2) is 174 Å². The minimum atomic E-state index is 0.902. The van der Waals surface area contributed by atoms with Crippen molar-refractivity contribution < 1.29 is 4.42 Å². The van der Waals surface area contributed by atoms with Crippen LogP contribution >= 0.6 is 11.3 Å². The number of furan rings is 1. The Morgan fingerprint density at radius 2 is 1.08 bits per heavy atom. The monoisotopic (exact) mass is 647 g/mol. The zero-order chi connectivity index (χ0) is 32.7. The summed E-state index contributed by atoms with van der Waals surface area (Å²) in [5.74, 6) is 0. The van der Waals surface area contributed by atoms with Gasteiger partial charge in [-0.05, 0) is 65.6 Å². The summed E-state index contributed by atoms with van der Waals surface area (Å²) in [6, 6.07) is 60.8. The van der Waals surface area contributed by atoms with Gasteiger partial charge in [-0.1, -0.05) is 134 Å². The van der Waals surface area contributed by atoms with Gasteiger partial charge in [0.25, 0.3) is 0 Å². The van der Waals surface area contributed by atoms with E-state index in [0.29, 0.717) is 0 Å². The van der Waals surface area contributed by atoms with E-state index in [4.69, 9.17) is 4.42 Å². The molecule has 0 bridgehead atoms. The molecule has 2 nitrogen and oxygen atoms in total. The van der Waals surface area contributed by atoms with Crippen LogP contribution in [-0.2, 0) is 6.42 Å². The third-order valence-corrected chi connectivity index (χ3v) is 10.8. The third kappa shape index (κ3) is 5.11. The van der Waals surface area contributed by atoms with Gasteiger partial charge >= 0.3 is 0 Å². The maximum atomic E-state index is 6.55. The number of thiophene rings is 1. The first-order valence-corrected chi connectivity index (χ1v) is 17.6. The summed E-state index contributed by atoms with van der Waals surface area (Å²) in [7, 11) is 0. The van der Waals surface area contributed by atoms with Crippen molar-refractivity contribution >= 4 is 60.4 Å². The molecule has 49 heavy (non-hydrogen) atoms. The molecule has 2 aromatic heterocycles. The molecule has 0 aliphatic rings. The molecule has 0 aliphatic heterocycles. The smallest absolute Gasteiger partial charge is 0.143 e. The zero-order valence-corrected chi connectivity index (χ0v) is 28.0. The average molecular weight is 648 g/mol. The van der Waals surface area contributed by atoms with Gasteiger partial charge in [0.2, 0.25) is 0 Å². The third-order valence-electron chi connectivity index (χ3n) is 9.48. The number of fused-ring (bicyclic) bond motifs is 4.